The molecule has 3 rings (SSSR count). The molecule has 1 unspecified atom stereocenters. The summed E-state index contributed by atoms with van der Waals surface area (Å²) in [5, 5.41) is 12.4. The molecule has 2 aromatic rings. The topological polar surface area (TPSA) is 72.9 Å². The number of likely N-dealkylation sites (N-methyl/N-ethyl adjacent to an activating group) is 1. The molecule has 0 saturated carbocycles. The zero-order chi connectivity index (χ0) is 18.7. The van der Waals surface area contributed by atoms with E-state index < -0.39 is 11.8 Å². The standard InChI is InChI=1S/C20H23N3O3/c1-15(24)20(21-2)14-22(12-13-23(20)19(25)26)18-10-8-17(9-11-18)16-6-4-3-5-7-16/h3-11,21H,12-14H2,1-2H3,(H,25,26). The fourth-order valence-corrected chi connectivity index (χ4v) is 3.52. The number of nitrogens with one attached hydrogen (secondary N) is 1. The van der Waals surface area contributed by atoms with Gasteiger partial charge in [0, 0.05) is 18.8 Å². The number of carbonyl (C=O) groups excluding carboxylic acids is 1. The van der Waals surface area contributed by atoms with E-state index in [0.29, 0.717) is 6.54 Å². The summed E-state index contributed by atoms with van der Waals surface area (Å²) >= 11 is 0. The Balaban J connectivity index is 1.86. The highest BCUT2D eigenvalue weighted by atomic mass is 16.4. The molecule has 0 spiro atoms. The van der Waals surface area contributed by atoms with E-state index in [-0.39, 0.29) is 18.9 Å². The summed E-state index contributed by atoms with van der Waals surface area (Å²) in [4.78, 5) is 27.1. The van der Waals surface area contributed by atoms with E-state index in [1.54, 1.807) is 7.05 Å². The van der Waals surface area contributed by atoms with Crippen molar-refractivity contribution in [2.45, 2.75) is 12.6 Å². The van der Waals surface area contributed by atoms with Crippen molar-refractivity contribution in [1.29, 1.82) is 0 Å². The zero-order valence-electron chi connectivity index (χ0n) is 15.0. The van der Waals surface area contributed by atoms with Crippen LogP contribution in [0.2, 0.25) is 0 Å². The number of amides is 1. The molecule has 1 aliphatic rings. The van der Waals surface area contributed by atoms with Crippen molar-refractivity contribution < 1.29 is 14.7 Å². The van der Waals surface area contributed by atoms with E-state index in [1.807, 2.05) is 47.4 Å². The first-order valence-corrected chi connectivity index (χ1v) is 8.59. The maximum atomic E-state index is 12.3. The van der Waals surface area contributed by atoms with Crippen LogP contribution < -0.4 is 10.2 Å². The van der Waals surface area contributed by atoms with Crippen molar-refractivity contribution in [2.75, 3.05) is 31.6 Å². The van der Waals surface area contributed by atoms with Gasteiger partial charge in [0.25, 0.3) is 0 Å². The summed E-state index contributed by atoms with van der Waals surface area (Å²) in [6.07, 6.45) is -1.09. The summed E-state index contributed by atoms with van der Waals surface area (Å²) in [5.74, 6) is -0.215. The van der Waals surface area contributed by atoms with Crippen LogP contribution >= 0.6 is 0 Å². The average molecular weight is 353 g/mol. The average Bonchev–Trinajstić information content (AvgIpc) is 2.68. The molecular formula is C20H23N3O3. The Morgan fingerprint density at radius 2 is 1.62 bits per heavy atom. The first kappa shape index (κ1) is 17.9. The predicted octanol–water partition coefficient (Wildman–Crippen LogP) is 2.66. The van der Waals surface area contributed by atoms with Crippen LogP contribution in [0.1, 0.15) is 6.92 Å². The van der Waals surface area contributed by atoms with E-state index in [2.05, 4.69) is 17.4 Å². The number of rotatable bonds is 4. The summed E-state index contributed by atoms with van der Waals surface area (Å²) in [6.45, 7) is 2.49. The molecule has 2 N–H and O–H groups in total. The molecule has 0 aromatic heterocycles. The van der Waals surface area contributed by atoms with Crippen molar-refractivity contribution in [3.05, 3.63) is 54.6 Å². The summed E-state index contributed by atoms with van der Waals surface area (Å²) in [7, 11) is 1.62. The number of piperazine rings is 1. The minimum atomic E-state index is -1.23. The van der Waals surface area contributed by atoms with Gasteiger partial charge in [0.15, 0.2) is 11.4 Å². The number of carbonyl (C=O) groups is 2. The lowest BCUT2D eigenvalue weighted by molar-refractivity contribution is -0.130. The highest BCUT2D eigenvalue weighted by Crippen LogP contribution is 2.28. The summed E-state index contributed by atoms with van der Waals surface area (Å²) in [5.41, 5.74) is 1.99. The van der Waals surface area contributed by atoms with Crippen molar-refractivity contribution in [3.63, 3.8) is 0 Å². The molecule has 136 valence electrons. The molecule has 26 heavy (non-hydrogen) atoms. The predicted molar refractivity (Wildman–Crippen MR) is 101 cm³/mol. The molecule has 1 aliphatic heterocycles. The largest absolute Gasteiger partial charge is 0.465 e. The van der Waals surface area contributed by atoms with Crippen molar-refractivity contribution in [1.82, 2.24) is 10.2 Å². The van der Waals surface area contributed by atoms with E-state index in [0.717, 1.165) is 16.8 Å². The van der Waals surface area contributed by atoms with Crippen molar-refractivity contribution in [2.24, 2.45) is 0 Å². The maximum Gasteiger partial charge on any atom is 0.409 e. The summed E-state index contributed by atoms with van der Waals surface area (Å²) < 4.78 is 0. The third kappa shape index (κ3) is 3.15. The fourth-order valence-electron chi connectivity index (χ4n) is 3.52. The van der Waals surface area contributed by atoms with Crippen LogP contribution in [0.5, 0.6) is 0 Å². The van der Waals surface area contributed by atoms with Gasteiger partial charge in [0.05, 0.1) is 6.54 Å². The second-order valence-corrected chi connectivity index (χ2v) is 6.44. The van der Waals surface area contributed by atoms with Crippen LogP contribution in [0.15, 0.2) is 54.6 Å². The second-order valence-electron chi connectivity index (χ2n) is 6.44. The third-order valence-corrected chi connectivity index (χ3v) is 5.04. The molecule has 2 aromatic carbocycles. The smallest absolute Gasteiger partial charge is 0.409 e. The molecular weight excluding hydrogens is 330 g/mol. The van der Waals surface area contributed by atoms with Gasteiger partial charge in [0.2, 0.25) is 0 Å². The monoisotopic (exact) mass is 353 g/mol. The Bertz CT molecular complexity index is 792. The minimum Gasteiger partial charge on any atom is -0.465 e. The normalized spacial score (nSPS) is 20.1. The van der Waals surface area contributed by atoms with E-state index in [9.17, 15) is 14.7 Å². The van der Waals surface area contributed by atoms with Gasteiger partial charge in [0.1, 0.15) is 0 Å². The van der Waals surface area contributed by atoms with E-state index in [1.165, 1.54) is 11.8 Å². The number of benzene rings is 2. The molecule has 1 fully saturated rings. The number of hydrogen-bond acceptors (Lipinski definition) is 4. The number of Topliss-reactive ketones (excluding diaryl/α,β-unsaturated/α-hetero) is 1. The fraction of sp³-hybridized carbons (Fsp3) is 0.300. The van der Waals surface area contributed by atoms with Gasteiger partial charge in [-0.2, -0.15) is 0 Å². The Labute approximate surface area is 153 Å². The van der Waals surface area contributed by atoms with Crippen LogP contribution in [0.25, 0.3) is 11.1 Å². The number of ketones is 1. The number of anilines is 1. The Morgan fingerprint density at radius 1 is 1.00 bits per heavy atom. The first-order chi connectivity index (χ1) is 12.5. The molecule has 1 saturated heterocycles. The molecule has 6 nitrogen and oxygen atoms in total. The van der Waals surface area contributed by atoms with Gasteiger partial charge >= 0.3 is 6.09 Å². The van der Waals surface area contributed by atoms with E-state index in [4.69, 9.17) is 0 Å². The Morgan fingerprint density at radius 3 is 2.15 bits per heavy atom. The Kier molecular flexibility index (Phi) is 4.95. The van der Waals surface area contributed by atoms with Crippen LogP contribution in [-0.2, 0) is 4.79 Å². The van der Waals surface area contributed by atoms with Crippen LogP contribution in [-0.4, -0.2) is 54.2 Å². The highest BCUT2D eigenvalue weighted by Gasteiger charge is 2.47. The lowest BCUT2D eigenvalue weighted by atomic mass is 9.99. The molecule has 1 amide bonds. The molecule has 6 heteroatoms. The van der Waals surface area contributed by atoms with Crippen LogP contribution in [0, 0.1) is 0 Å². The molecule has 1 heterocycles. The first-order valence-electron chi connectivity index (χ1n) is 8.59. The lowest BCUT2D eigenvalue weighted by Gasteiger charge is -2.48. The SMILES string of the molecule is CNC1(C(C)=O)CN(c2ccc(-c3ccccc3)cc2)CCN1C(=O)O. The molecule has 1 atom stereocenters. The van der Waals surface area contributed by atoms with Gasteiger partial charge in [-0.25, -0.2) is 4.79 Å². The van der Waals surface area contributed by atoms with Gasteiger partial charge in [-0.1, -0.05) is 42.5 Å². The third-order valence-electron chi connectivity index (χ3n) is 5.04. The highest BCUT2D eigenvalue weighted by molar-refractivity contribution is 5.90. The van der Waals surface area contributed by atoms with Crippen LogP contribution in [0.3, 0.4) is 0 Å². The Hall–Kier alpha value is -2.86. The lowest BCUT2D eigenvalue weighted by Crippen LogP contribution is -2.73. The molecule has 0 bridgehead atoms. The van der Waals surface area contributed by atoms with Gasteiger partial charge in [-0.3, -0.25) is 15.0 Å². The van der Waals surface area contributed by atoms with E-state index >= 15 is 0 Å². The summed E-state index contributed by atoms with van der Waals surface area (Å²) in [6, 6.07) is 18.2. The molecule has 0 aliphatic carbocycles. The number of carboxylic acid groups (broad SMARTS) is 1. The van der Waals surface area contributed by atoms with Gasteiger partial charge < -0.3 is 10.0 Å². The van der Waals surface area contributed by atoms with Gasteiger partial charge in [-0.05, 0) is 37.2 Å². The maximum absolute atomic E-state index is 12.3. The number of hydrogen-bond donors (Lipinski definition) is 2. The second kappa shape index (κ2) is 7.17. The van der Waals surface area contributed by atoms with Crippen LogP contribution in [0.4, 0.5) is 10.5 Å². The zero-order valence-corrected chi connectivity index (χ0v) is 15.0. The molecule has 0 radical (unpaired) electrons. The van der Waals surface area contributed by atoms with Crippen molar-refractivity contribution >= 4 is 17.6 Å². The quantitative estimate of drug-likeness (QED) is 0.884. The number of nitrogens with zero attached hydrogens (tertiary/aromatic N) is 2. The van der Waals surface area contributed by atoms with Gasteiger partial charge in [-0.15, -0.1) is 0 Å². The minimum absolute atomic E-state index is 0.215. The van der Waals surface area contributed by atoms with Crippen molar-refractivity contribution in [3.8, 4) is 11.1 Å².